The lowest BCUT2D eigenvalue weighted by Gasteiger charge is -2.24. The van der Waals surface area contributed by atoms with Crippen molar-refractivity contribution in [2.24, 2.45) is 5.92 Å². The van der Waals surface area contributed by atoms with Gasteiger partial charge in [0.15, 0.2) is 0 Å². The van der Waals surface area contributed by atoms with Crippen LogP contribution in [-0.2, 0) is 4.74 Å². The van der Waals surface area contributed by atoms with Gasteiger partial charge >= 0.3 is 0 Å². The number of benzene rings is 1. The first kappa shape index (κ1) is 15.5. The monoisotopic (exact) mass is 269 g/mol. The summed E-state index contributed by atoms with van der Waals surface area (Å²) in [4.78, 5) is 0. The van der Waals surface area contributed by atoms with Crippen molar-refractivity contribution in [3.63, 3.8) is 0 Å². The molecular formula is C15H24ClNO. The Morgan fingerprint density at radius 2 is 1.78 bits per heavy atom. The summed E-state index contributed by atoms with van der Waals surface area (Å²) in [5, 5.41) is 3.94. The van der Waals surface area contributed by atoms with Gasteiger partial charge in [0.05, 0.1) is 12.2 Å². The Bertz CT molecular complexity index is 337. The summed E-state index contributed by atoms with van der Waals surface area (Å²) < 4.78 is 6.12. The SMILES string of the molecule is CNCC(OC(C)CC(C)C)c1ccc(Cl)cc1. The molecule has 2 unspecified atom stereocenters. The second-order valence-electron chi connectivity index (χ2n) is 5.17. The Hall–Kier alpha value is -0.570. The number of rotatable bonds is 7. The third-order valence-electron chi connectivity index (χ3n) is 2.83. The van der Waals surface area contributed by atoms with E-state index in [1.165, 1.54) is 5.56 Å². The average Bonchev–Trinajstić information content (AvgIpc) is 2.28. The molecule has 1 rings (SSSR count). The van der Waals surface area contributed by atoms with Gasteiger partial charge in [0.1, 0.15) is 0 Å². The van der Waals surface area contributed by atoms with Crippen molar-refractivity contribution in [2.75, 3.05) is 13.6 Å². The summed E-state index contributed by atoms with van der Waals surface area (Å²) in [5.41, 5.74) is 1.17. The largest absolute Gasteiger partial charge is 0.369 e. The lowest BCUT2D eigenvalue weighted by Crippen LogP contribution is -2.24. The smallest absolute Gasteiger partial charge is 0.0952 e. The molecule has 0 bridgehead atoms. The molecule has 0 aliphatic rings. The number of likely N-dealkylation sites (N-methyl/N-ethyl adjacent to an activating group) is 1. The molecule has 0 radical (unpaired) electrons. The van der Waals surface area contributed by atoms with E-state index in [1.54, 1.807) is 0 Å². The van der Waals surface area contributed by atoms with E-state index in [1.807, 2.05) is 31.3 Å². The van der Waals surface area contributed by atoms with Crippen molar-refractivity contribution in [1.29, 1.82) is 0 Å². The van der Waals surface area contributed by atoms with Crippen LogP contribution in [0.1, 0.15) is 38.9 Å². The zero-order valence-corrected chi connectivity index (χ0v) is 12.5. The first-order valence-corrected chi connectivity index (χ1v) is 6.96. The van der Waals surface area contributed by atoms with Gasteiger partial charge in [-0.2, -0.15) is 0 Å². The molecule has 2 nitrogen and oxygen atoms in total. The van der Waals surface area contributed by atoms with Crippen LogP contribution in [0, 0.1) is 5.92 Å². The Morgan fingerprint density at radius 3 is 2.28 bits per heavy atom. The molecule has 102 valence electrons. The van der Waals surface area contributed by atoms with E-state index in [9.17, 15) is 0 Å². The highest BCUT2D eigenvalue weighted by Gasteiger charge is 2.15. The predicted octanol–water partition coefficient (Wildman–Crippen LogP) is 4.05. The van der Waals surface area contributed by atoms with Crippen LogP contribution >= 0.6 is 11.6 Å². The van der Waals surface area contributed by atoms with Gasteiger partial charge in [-0.05, 0) is 44.0 Å². The maximum Gasteiger partial charge on any atom is 0.0952 e. The molecule has 1 N–H and O–H groups in total. The fourth-order valence-corrected chi connectivity index (χ4v) is 2.23. The van der Waals surface area contributed by atoms with Gasteiger partial charge in [-0.25, -0.2) is 0 Å². The fourth-order valence-electron chi connectivity index (χ4n) is 2.11. The lowest BCUT2D eigenvalue weighted by molar-refractivity contribution is -0.0117. The molecule has 1 aromatic rings. The van der Waals surface area contributed by atoms with Crippen molar-refractivity contribution >= 4 is 11.6 Å². The molecule has 0 aliphatic carbocycles. The summed E-state index contributed by atoms with van der Waals surface area (Å²) in [5.74, 6) is 0.653. The van der Waals surface area contributed by atoms with Crippen LogP contribution < -0.4 is 5.32 Å². The van der Waals surface area contributed by atoms with Crippen molar-refractivity contribution in [3.05, 3.63) is 34.9 Å². The highest BCUT2D eigenvalue weighted by Crippen LogP contribution is 2.22. The van der Waals surface area contributed by atoms with Crippen molar-refractivity contribution in [3.8, 4) is 0 Å². The second-order valence-corrected chi connectivity index (χ2v) is 5.61. The van der Waals surface area contributed by atoms with Crippen LogP contribution in [0.25, 0.3) is 0 Å². The Labute approximate surface area is 116 Å². The molecule has 0 saturated carbocycles. The third-order valence-corrected chi connectivity index (χ3v) is 3.08. The van der Waals surface area contributed by atoms with Crippen LogP contribution in [0.2, 0.25) is 5.02 Å². The topological polar surface area (TPSA) is 21.3 Å². The minimum Gasteiger partial charge on any atom is -0.369 e. The van der Waals surface area contributed by atoms with Crippen LogP contribution in [0.3, 0.4) is 0 Å². The van der Waals surface area contributed by atoms with Gasteiger partial charge < -0.3 is 10.1 Å². The molecule has 18 heavy (non-hydrogen) atoms. The lowest BCUT2D eigenvalue weighted by atomic mass is 10.1. The third kappa shape index (κ3) is 5.38. The second kappa shape index (κ2) is 7.78. The van der Waals surface area contributed by atoms with Gasteiger partial charge in [-0.15, -0.1) is 0 Å². The van der Waals surface area contributed by atoms with Gasteiger partial charge in [-0.1, -0.05) is 37.6 Å². The first-order chi connectivity index (χ1) is 8.52. The number of halogens is 1. The maximum atomic E-state index is 6.12. The minimum atomic E-state index is 0.0843. The molecule has 1 aromatic carbocycles. The van der Waals surface area contributed by atoms with E-state index in [0.29, 0.717) is 5.92 Å². The zero-order chi connectivity index (χ0) is 13.5. The van der Waals surface area contributed by atoms with E-state index in [-0.39, 0.29) is 12.2 Å². The van der Waals surface area contributed by atoms with Gasteiger partial charge in [0.2, 0.25) is 0 Å². The van der Waals surface area contributed by atoms with E-state index in [2.05, 4.69) is 26.1 Å². The molecular weight excluding hydrogens is 246 g/mol. The predicted molar refractivity (Wildman–Crippen MR) is 78.1 cm³/mol. The first-order valence-electron chi connectivity index (χ1n) is 6.58. The van der Waals surface area contributed by atoms with Crippen LogP contribution in [0.15, 0.2) is 24.3 Å². The van der Waals surface area contributed by atoms with E-state index in [0.717, 1.165) is 18.0 Å². The Morgan fingerprint density at radius 1 is 1.17 bits per heavy atom. The molecule has 0 amide bonds. The fraction of sp³-hybridized carbons (Fsp3) is 0.600. The number of hydrogen-bond donors (Lipinski definition) is 1. The van der Waals surface area contributed by atoms with Crippen molar-refractivity contribution in [2.45, 2.75) is 39.4 Å². The zero-order valence-electron chi connectivity index (χ0n) is 11.7. The van der Waals surface area contributed by atoms with Crippen molar-refractivity contribution in [1.82, 2.24) is 5.32 Å². The highest BCUT2D eigenvalue weighted by atomic mass is 35.5. The molecule has 3 heteroatoms. The van der Waals surface area contributed by atoms with Crippen molar-refractivity contribution < 1.29 is 4.74 Å². The van der Waals surface area contributed by atoms with Crippen LogP contribution in [-0.4, -0.2) is 19.7 Å². The van der Waals surface area contributed by atoms with Gasteiger partial charge in [0.25, 0.3) is 0 Å². The van der Waals surface area contributed by atoms with E-state index >= 15 is 0 Å². The minimum absolute atomic E-state index is 0.0843. The Kier molecular flexibility index (Phi) is 6.69. The molecule has 0 spiro atoms. The number of nitrogens with one attached hydrogen (secondary N) is 1. The summed E-state index contributed by atoms with van der Waals surface area (Å²) >= 11 is 5.91. The summed E-state index contributed by atoms with van der Waals surface area (Å²) in [6.07, 6.45) is 1.42. The number of hydrogen-bond acceptors (Lipinski definition) is 2. The molecule has 0 saturated heterocycles. The maximum absolute atomic E-state index is 6.12. The van der Waals surface area contributed by atoms with Gasteiger partial charge in [0, 0.05) is 11.6 Å². The normalized spacial score (nSPS) is 14.8. The van der Waals surface area contributed by atoms with Crippen LogP contribution in [0.4, 0.5) is 0 Å². The highest BCUT2D eigenvalue weighted by molar-refractivity contribution is 6.30. The summed E-state index contributed by atoms with van der Waals surface area (Å²) in [6.45, 7) is 7.38. The van der Waals surface area contributed by atoms with Gasteiger partial charge in [-0.3, -0.25) is 0 Å². The van der Waals surface area contributed by atoms with Crippen LogP contribution in [0.5, 0.6) is 0 Å². The molecule has 0 heterocycles. The molecule has 2 atom stereocenters. The number of ether oxygens (including phenoxy) is 1. The van der Waals surface area contributed by atoms with E-state index < -0.39 is 0 Å². The van der Waals surface area contributed by atoms with E-state index in [4.69, 9.17) is 16.3 Å². The molecule has 0 fully saturated rings. The summed E-state index contributed by atoms with van der Waals surface area (Å²) in [6, 6.07) is 7.89. The summed E-state index contributed by atoms with van der Waals surface area (Å²) in [7, 11) is 1.94. The molecule has 0 aliphatic heterocycles. The molecule has 0 aromatic heterocycles. The average molecular weight is 270 g/mol. The quantitative estimate of drug-likeness (QED) is 0.806. The standard InChI is InChI=1S/C15H24ClNO/c1-11(2)9-12(3)18-15(10-17-4)13-5-7-14(16)8-6-13/h5-8,11-12,15,17H,9-10H2,1-4H3. The Balaban J connectivity index is 2.67.